The summed E-state index contributed by atoms with van der Waals surface area (Å²) in [7, 11) is 4.59. The lowest BCUT2D eigenvalue weighted by atomic mass is 10.1. The van der Waals surface area contributed by atoms with Gasteiger partial charge in [-0.1, -0.05) is 24.3 Å². The van der Waals surface area contributed by atoms with Crippen molar-refractivity contribution in [1.29, 1.82) is 0 Å². The van der Waals surface area contributed by atoms with Gasteiger partial charge in [0.25, 0.3) is 5.91 Å². The van der Waals surface area contributed by atoms with E-state index in [1.807, 2.05) is 36.4 Å². The number of carbonyl (C=O) groups excluding carboxylic acids is 1. The molecule has 8 heteroatoms. The van der Waals surface area contributed by atoms with Gasteiger partial charge < -0.3 is 23.7 Å². The molecular weight excluding hydrogens is 400 g/mol. The van der Waals surface area contributed by atoms with Crippen LogP contribution in [-0.4, -0.2) is 46.2 Å². The molecule has 1 amide bonds. The van der Waals surface area contributed by atoms with E-state index < -0.39 is 12.0 Å². The van der Waals surface area contributed by atoms with E-state index in [1.165, 1.54) is 27.5 Å². The van der Waals surface area contributed by atoms with Gasteiger partial charge in [-0.15, -0.1) is 0 Å². The number of fused-ring (bicyclic) bond motifs is 2. The minimum absolute atomic E-state index is 0.0941. The topological polar surface area (TPSA) is 87.6 Å². The van der Waals surface area contributed by atoms with Crippen LogP contribution in [0.5, 0.6) is 28.7 Å². The Hall–Kier alpha value is -3.94. The van der Waals surface area contributed by atoms with Gasteiger partial charge in [-0.3, -0.25) is 4.79 Å². The second kappa shape index (κ2) is 8.83. The van der Waals surface area contributed by atoms with Gasteiger partial charge in [0, 0.05) is 5.56 Å². The van der Waals surface area contributed by atoms with Crippen molar-refractivity contribution in [1.82, 2.24) is 5.43 Å². The normalized spacial score (nSPS) is 15.0. The first-order valence-electron chi connectivity index (χ1n) is 9.58. The Labute approximate surface area is 179 Å². The number of methoxy groups -OCH3 is 3. The van der Waals surface area contributed by atoms with Crippen LogP contribution in [0.2, 0.25) is 0 Å². The van der Waals surface area contributed by atoms with Crippen LogP contribution in [0.15, 0.2) is 53.6 Å². The smallest absolute Gasteiger partial charge is 0.284 e. The molecule has 0 spiro atoms. The highest BCUT2D eigenvalue weighted by Crippen LogP contribution is 2.38. The summed E-state index contributed by atoms with van der Waals surface area (Å²) in [5, 5.41) is 6.07. The summed E-state index contributed by atoms with van der Waals surface area (Å²) in [5.74, 6) is 2.18. The molecule has 1 atom stereocenters. The molecule has 0 fully saturated rings. The average molecular weight is 422 g/mol. The van der Waals surface area contributed by atoms with E-state index in [9.17, 15) is 4.79 Å². The highest BCUT2D eigenvalue weighted by Gasteiger charge is 2.27. The average Bonchev–Trinajstić information content (AvgIpc) is 2.81. The number of rotatable bonds is 6. The lowest BCUT2D eigenvalue weighted by Crippen LogP contribution is -2.42. The first kappa shape index (κ1) is 20.3. The molecule has 4 rings (SSSR count). The number of hydrazone groups is 1. The number of benzene rings is 3. The van der Waals surface area contributed by atoms with Gasteiger partial charge in [0.1, 0.15) is 6.61 Å². The third-order valence-corrected chi connectivity index (χ3v) is 4.84. The molecule has 0 unspecified atom stereocenters. The van der Waals surface area contributed by atoms with Gasteiger partial charge in [-0.05, 0) is 35.0 Å². The number of hydrogen-bond donors (Lipinski definition) is 1. The summed E-state index contributed by atoms with van der Waals surface area (Å²) in [6, 6.07) is 15.1. The molecule has 0 aliphatic carbocycles. The van der Waals surface area contributed by atoms with E-state index in [2.05, 4.69) is 10.5 Å². The summed E-state index contributed by atoms with van der Waals surface area (Å²) >= 11 is 0. The molecule has 160 valence electrons. The maximum Gasteiger partial charge on any atom is 0.284 e. The van der Waals surface area contributed by atoms with Crippen molar-refractivity contribution in [2.75, 3.05) is 27.9 Å². The monoisotopic (exact) mass is 422 g/mol. The maximum absolute atomic E-state index is 12.5. The van der Waals surface area contributed by atoms with Crippen molar-refractivity contribution >= 4 is 22.9 Å². The van der Waals surface area contributed by atoms with Crippen molar-refractivity contribution < 1.29 is 28.5 Å². The number of carbonyl (C=O) groups is 1. The number of hydrogen-bond acceptors (Lipinski definition) is 7. The largest absolute Gasteiger partial charge is 0.493 e. The van der Waals surface area contributed by atoms with Crippen LogP contribution in [-0.2, 0) is 4.79 Å². The summed E-state index contributed by atoms with van der Waals surface area (Å²) in [5.41, 5.74) is 3.14. The standard InChI is InChI=1S/C23H22N2O6/c1-27-19-8-14(9-20(28-2)22(19)29-3)12-24-25-23(26)21-13-30-17-10-15-6-4-5-7-16(15)11-18(17)31-21/h4-12,21H,13H2,1-3H3,(H,25,26)/b24-12+/t21-/m0/s1. The van der Waals surface area contributed by atoms with E-state index in [1.54, 1.807) is 12.1 Å². The predicted molar refractivity (Wildman–Crippen MR) is 116 cm³/mol. The molecule has 1 N–H and O–H groups in total. The fraction of sp³-hybridized carbons (Fsp3) is 0.217. The van der Waals surface area contributed by atoms with Gasteiger partial charge in [0.05, 0.1) is 27.5 Å². The summed E-state index contributed by atoms with van der Waals surface area (Å²) in [6.07, 6.45) is 0.666. The quantitative estimate of drug-likeness (QED) is 0.485. The fourth-order valence-corrected chi connectivity index (χ4v) is 3.30. The van der Waals surface area contributed by atoms with Crippen LogP contribution < -0.4 is 29.1 Å². The van der Waals surface area contributed by atoms with Crippen molar-refractivity contribution in [2.45, 2.75) is 6.10 Å². The molecule has 1 aliphatic rings. The Morgan fingerprint density at radius 3 is 2.26 bits per heavy atom. The molecule has 1 aliphatic heterocycles. The minimum Gasteiger partial charge on any atom is -0.493 e. The van der Waals surface area contributed by atoms with Crippen LogP contribution in [0.3, 0.4) is 0 Å². The molecule has 0 radical (unpaired) electrons. The van der Waals surface area contributed by atoms with Crippen LogP contribution in [0.4, 0.5) is 0 Å². The second-order valence-corrected chi connectivity index (χ2v) is 6.76. The first-order chi connectivity index (χ1) is 15.1. The van der Waals surface area contributed by atoms with Gasteiger partial charge in [-0.25, -0.2) is 5.43 Å². The molecule has 0 saturated heterocycles. The lowest BCUT2D eigenvalue weighted by molar-refractivity contribution is -0.130. The lowest BCUT2D eigenvalue weighted by Gasteiger charge is -2.25. The van der Waals surface area contributed by atoms with E-state index >= 15 is 0 Å². The summed E-state index contributed by atoms with van der Waals surface area (Å²) < 4.78 is 27.5. The summed E-state index contributed by atoms with van der Waals surface area (Å²) in [4.78, 5) is 12.5. The van der Waals surface area contributed by atoms with Crippen molar-refractivity contribution in [2.24, 2.45) is 5.10 Å². The fourth-order valence-electron chi connectivity index (χ4n) is 3.30. The Kier molecular flexibility index (Phi) is 5.79. The van der Waals surface area contributed by atoms with Crippen molar-refractivity contribution in [3.8, 4) is 28.7 Å². The molecule has 3 aromatic rings. The molecule has 31 heavy (non-hydrogen) atoms. The summed E-state index contributed by atoms with van der Waals surface area (Å²) in [6.45, 7) is 0.0941. The number of amides is 1. The highest BCUT2D eigenvalue weighted by molar-refractivity contribution is 5.88. The van der Waals surface area contributed by atoms with E-state index in [4.69, 9.17) is 23.7 Å². The third-order valence-electron chi connectivity index (χ3n) is 4.84. The van der Waals surface area contributed by atoms with Crippen LogP contribution in [0, 0.1) is 0 Å². The molecule has 0 aromatic heterocycles. The minimum atomic E-state index is -0.814. The highest BCUT2D eigenvalue weighted by atomic mass is 16.6. The zero-order chi connectivity index (χ0) is 21.8. The molecule has 1 heterocycles. The van der Waals surface area contributed by atoms with E-state index in [0.717, 1.165) is 10.8 Å². The van der Waals surface area contributed by atoms with Crippen molar-refractivity contribution in [3.63, 3.8) is 0 Å². The molecule has 8 nitrogen and oxygen atoms in total. The maximum atomic E-state index is 12.5. The first-order valence-corrected chi connectivity index (χ1v) is 9.58. The van der Waals surface area contributed by atoms with Gasteiger partial charge in [-0.2, -0.15) is 5.10 Å². The zero-order valence-corrected chi connectivity index (χ0v) is 17.4. The van der Waals surface area contributed by atoms with Crippen LogP contribution in [0.1, 0.15) is 5.56 Å². The Morgan fingerprint density at radius 2 is 1.65 bits per heavy atom. The Bertz CT molecular complexity index is 1120. The Balaban J connectivity index is 1.45. The SMILES string of the molecule is COc1cc(/C=N/NC(=O)[C@@H]2COc3cc4ccccc4cc3O2)cc(OC)c1OC. The molecule has 0 bridgehead atoms. The second-order valence-electron chi connectivity index (χ2n) is 6.76. The zero-order valence-electron chi connectivity index (χ0n) is 17.4. The van der Waals surface area contributed by atoms with Gasteiger partial charge >= 0.3 is 0 Å². The van der Waals surface area contributed by atoms with E-state index in [0.29, 0.717) is 34.3 Å². The number of nitrogens with zero attached hydrogens (tertiary/aromatic N) is 1. The number of ether oxygens (including phenoxy) is 5. The molecule has 0 saturated carbocycles. The Morgan fingerprint density at radius 1 is 1.00 bits per heavy atom. The van der Waals surface area contributed by atoms with Gasteiger partial charge in [0.2, 0.25) is 11.9 Å². The third kappa shape index (κ3) is 4.18. The van der Waals surface area contributed by atoms with Gasteiger partial charge in [0.15, 0.2) is 23.0 Å². The van der Waals surface area contributed by atoms with E-state index in [-0.39, 0.29) is 6.61 Å². The van der Waals surface area contributed by atoms with Crippen LogP contribution >= 0.6 is 0 Å². The molecule has 3 aromatic carbocycles. The number of nitrogens with one attached hydrogen (secondary N) is 1. The van der Waals surface area contributed by atoms with Crippen molar-refractivity contribution in [3.05, 3.63) is 54.1 Å². The van der Waals surface area contributed by atoms with Crippen LogP contribution in [0.25, 0.3) is 10.8 Å². The molecular formula is C23H22N2O6. The predicted octanol–water partition coefficient (Wildman–Crippen LogP) is 3.16.